The molecular formula is C24H28OSi. The average molecular weight is 361 g/mol. The summed E-state index contributed by atoms with van der Waals surface area (Å²) in [5.74, 6) is 0.179. The number of hydrogen-bond acceptors (Lipinski definition) is 1. The highest BCUT2D eigenvalue weighted by atomic mass is 28.2. The minimum Gasteiger partial charge on any atom is -0.414 e. The molecule has 0 aliphatic rings. The minimum atomic E-state index is -0.506. The Hall–Kier alpha value is -2.16. The van der Waals surface area contributed by atoms with Crippen molar-refractivity contribution < 1.29 is 4.43 Å². The van der Waals surface area contributed by atoms with Crippen LogP contribution in [0.3, 0.4) is 0 Å². The first-order valence-electron chi connectivity index (χ1n) is 9.21. The summed E-state index contributed by atoms with van der Waals surface area (Å²) in [6.45, 7) is 6.93. The van der Waals surface area contributed by atoms with Gasteiger partial charge in [-0.3, -0.25) is 0 Å². The first kappa shape index (κ1) is 18.6. The fourth-order valence-electron chi connectivity index (χ4n) is 4.22. The summed E-state index contributed by atoms with van der Waals surface area (Å²) in [5.41, 5.74) is 3.24. The molecule has 0 spiro atoms. The Morgan fingerprint density at radius 1 is 0.654 bits per heavy atom. The van der Waals surface area contributed by atoms with Crippen LogP contribution in [0.25, 0.3) is 0 Å². The van der Waals surface area contributed by atoms with Crippen LogP contribution in [0, 0.1) is 5.41 Å². The SMILES string of the molecule is CC(C)(C)C(c1ccccc1)C(O[SiH3])(c1ccccc1)c1ccccc1. The van der Waals surface area contributed by atoms with Crippen molar-refractivity contribution >= 4 is 10.5 Å². The van der Waals surface area contributed by atoms with Gasteiger partial charge in [0.1, 0.15) is 16.1 Å². The molecule has 0 saturated heterocycles. The Kier molecular flexibility index (Phi) is 5.45. The van der Waals surface area contributed by atoms with Crippen LogP contribution >= 0.6 is 0 Å². The van der Waals surface area contributed by atoms with E-state index >= 15 is 0 Å². The van der Waals surface area contributed by atoms with E-state index in [1.807, 2.05) is 0 Å². The van der Waals surface area contributed by atoms with Crippen LogP contribution in [0.15, 0.2) is 91.0 Å². The molecule has 2 heteroatoms. The maximum Gasteiger partial charge on any atom is 0.147 e. The Balaban J connectivity index is 2.35. The fourth-order valence-corrected chi connectivity index (χ4v) is 4.92. The molecule has 0 aliphatic carbocycles. The van der Waals surface area contributed by atoms with Crippen LogP contribution in [-0.4, -0.2) is 10.5 Å². The third-order valence-corrected chi connectivity index (χ3v) is 5.78. The highest BCUT2D eigenvalue weighted by Crippen LogP contribution is 2.53. The number of hydrogen-bond donors (Lipinski definition) is 0. The van der Waals surface area contributed by atoms with E-state index in [0.29, 0.717) is 10.5 Å². The van der Waals surface area contributed by atoms with Crippen molar-refractivity contribution in [2.45, 2.75) is 32.3 Å². The Bertz CT molecular complexity index is 768. The normalized spacial score (nSPS) is 13.5. The average Bonchev–Trinajstić information content (AvgIpc) is 2.67. The van der Waals surface area contributed by atoms with Crippen molar-refractivity contribution in [1.29, 1.82) is 0 Å². The van der Waals surface area contributed by atoms with Gasteiger partial charge in [0.15, 0.2) is 0 Å². The molecule has 1 unspecified atom stereocenters. The lowest BCUT2D eigenvalue weighted by Gasteiger charge is -2.48. The Morgan fingerprint density at radius 2 is 1.04 bits per heavy atom. The maximum absolute atomic E-state index is 6.59. The molecule has 0 bridgehead atoms. The van der Waals surface area contributed by atoms with E-state index in [2.05, 4.69) is 112 Å². The lowest BCUT2D eigenvalue weighted by atomic mass is 9.62. The molecule has 134 valence electrons. The molecule has 3 aromatic rings. The van der Waals surface area contributed by atoms with Gasteiger partial charge in [-0.05, 0) is 22.1 Å². The van der Waals surface area contributed by atoms with E-state index < -0.39 is 5.60 Å². The largest absolute Gasteiger partial charge is 0.414 e. The maximum atomic E-state index is 6.59. The van der Waals surface area contributed by atoms with Gasteiger partial charge in [-0.1, -0.05) is 112 Å². The summed E-state index contributed by atoms with van der Waals surface area (Å²) in [4.78, 5) is 0. The van der Waals surface area contributed by atoms with Crippen molar-refractivity contribution in [3.63, 3.8) is 0 Å². The lowest BCUT2D eigenvalue weighted by Crippen LogP contribution is -2.43. The van der Waals surface area contributed by atoms with E-state index in [9.17, 15) is 0 Å². The van der Waals surface area contributed by atoms with Crippen LogP contribution in [0.4, 0.5) is 0 Å². The summed E-state index contributed by atoms with van der Waals surface area (Å²) in [5, 5.41) is 0. The molecule has 3 rings (SSSR count). The second-order valence-corrected chi connectivity index (χ2v) is 8.29. The van der Waals surface area contributed by atoms with Gasteiger partial charge in [-0.25, -0.2) is 0 Å². The zero-order chi connectivity index (χ0) is 18.6. The van der Waals surface area contributed by atoms with Gasteiger partial charge in [0, 0.05) is 5.92 Å². The molecule has 0 aromatic heterocycles. The van der Waals surface area contributed by atoms with Gasteiger partial charge in [0.05, 0.1) is 0 Å². The smallest absolute Gasteiger partial charge is 0.147 e. The monoisotopic (exact) mass is 360 g/mol. The topological polar surface area (TPSA) is 9.23 Å². The molecule has 0 N–H and O–H groups in total. The van der Waals surface area contributed by atoms with Crippen LogP contribution in [0.1, 0.15) is 43.4 Å². The zero-order valence-corrected chi connectivity index (χ0v) is 18.1. The first-order chi connectivity index (χ1) is 12.5. The number of benzene rings is 3. The van der Waals surface area contributed by atoms with E-state index in [1.165, 1.54) is 16.7 Å². The molecule has 0 fully saturated rings. The van der Waals surface area contributed by atoms with Gasteiger partial charge in [-0.2, -0.15) is 0 Å². The van der Waals surface area contributed by atoms with Gasteiger partial charge < -0.3 is 4.43 Å². The second-order valence-electron chi connectivity index (χ2n) is 7.88. The van der Waals surface area contributed by atoms with Crippen LogP contribution in [0.5, 0.6) is 0 Å². The molecule has 0 saturated carbocycles. The van der Waals surface area contributed by atoms with Crippen LogP contribution in [0.2, 0.25) is 0 Å². The third kappa shape index (κ3) is 3.40. The van der Waals surface area contributed by atoms with E-state index in [4.69, 9.17) is 4.43 Å². The van der Waals surface area contributed by atoms with Gasteiger partial charge in [0.2, 0.25) is 0 Å². The Morgan fingerprint density at radius 3 is 1.38 bits per heavy atom. The van der Waals surface area contributed by atoms with Gasteiger partial charge in [-0.15, -0.1) is 0 Å². The summed E-state index contributed by atoms with van der Waals surface area (Å²) < 4.78 is 6.59. The summed E-state index contributed by atoms with van der Waals surface area (Å²) in [6.07, 6.45) is 0. The van der Waals surface area contributed by atoms with Gasteiger partial charge in [0.25, 0.3) is 0 Å². The zero-order valence-electron chi connectivity index (χ0n) is 16.1. The van der Waals surface area contributed by atoms with Crippen molar-refractivity contribution in [2.24, 2.45) is 5.41 Å². The highest BCUT2D eigenvalue weighted by molar-refractivity contribution is 5.98. The highest BCUT2D eigenvalue weighted by Gasteiger charge is 2.48. The van der Waals surface area contributed by atoms with Crippen LogP contribution < -0.4 is 0 Å². The standard InChI is InChI=1S/C24H28OSi/c1-23(2,3)22(19-13-7-4-8-14-19)24(25-26,20-15-9-5-10-16-20)21-17-11-6-12-18-21/h4-18,22H,1-3,26H3. The second kappa shape index (κ2) is 7.61. The van der Waals surface area contributed by atoms with Gasteiger partial charge >= 0.3 is 0 Å². The summed E-state index contributed by atoms with van der Waals surface area (Å²) >= 11 is 0. The minimum absolute atomic E-state index is 0.0114. The molecule has 0 heterocycles. The van der Waals surface area contributed by atoms with Crippen molar-refractivity contribution in [3.05, 3.63) is 108 Å². The molecule has 1 atom stereocenters. The molecule has 0 aliphatic heterocycles. The summed E-state index contributed by atoms with van der Waals surface area (Å²) in [6, 6.07) is 32.2. The quantitative estimate of drug-likeness (QED) is 0.578. The van der Waals surface area contributed by atoms with Crippen molar-refractivity contribution in [2.75, 3.05) is 0 Å². The molecule has 0 radical (unpaired) electrons. The summed E-state index contributed by atoms with van der Waals surface area (Å²) in [7, 11) is 0.648. The van der Waals surface area contributed by atoms with Crippen molar-refractivity contribution in [3.8, 4) is 0 Å². The van der Waals surface area contributed by atoms with E-state index in [-0.39, 0.29) is 11.3 Å². The van der Waals surface area contributed by atoms with Crippen LogP contribution in [-0.2, 0) is 10.0 Å². The molecule has 0 amide bonds. The van der Waals surface area contributed by atoms with Crippen molar-refractivity contribution in [1.82, 2.24) is 0 Å². The number of rotatable bonds is 5. The lowest BCUT2D eigenvalue weighted by molar-refractivity contribution is 0.0397. The molecule has 26 heavy (non-hydrogen) atoms. The molecule has 3 aromatic carbocycles. The first-order valence-corrected chi connectivity index (χ1v) is 10.0. The predicted molar refractivity (Wildman–Crippen MR) is 113 cm³/mol. The van der Waals surface area contributed by atoms with E-state index in [1.54, 1.807) is 0 Å². The predicted octanol–water partition coefficient (Wildman–Crippen LogP) is 5.06. The molecule has 1 nitrogen and oxygen atoms in total. The fraction of sp³-hybridized carbons (Fsp3) is 0.250. The molecular weight excluding hydrogens is 332 g/mol. The Labute approximate surface area is 160 Å². The van der Waals surface area contributed by atoms with E-state index in [0.717, 1.165) is 0 Å². The third-order valence-electron chi connectivity index (χ3n) is 5.13.